The van der Waals surface area contributed by atoms with Crippen molar-refractivity contribution in [1.82, 2.24) is 10.2 Å². The highest BCUT2D eigenvalue weighted by Crippen LogP contribution is 2.32. The Kier molecular flexibility index (Phi) is 3.81. The van der Waals surface area contributed by atoms with E-state index >= 15 is 0 Å². The molecule has 18 heavy (non-hydrogen) atoms. The molecule has 3 nitrogen and oxygen atoms in total. The van der Waals surface area contributed by atoms with Crippen molar-refractivity contribution in [3.8, 4) is 5.75 Å². The fraction of sp³-hybridized carbons (Fsp3) is 0.600. The van der Waals surface area contributed by atoms with Crippen LogP contribution in [0.1, 0.15) is 24.3 Å². The molecule has 3 rings (SSSR count). The van der Waals surface area contributed by atoms with E-state index in [1.165, 1.54) is 38.0 Å². The van der Waals surface area contributed by atoms with Gasteiger partial charge in [0.2, 0.25) is 0 Å². The number of para-hydroxylation sites is 1. The highest BCUT2D eigenvalue weighted by Gasteiger charge is 2.22. The van der Waals surface area contributed by atoms with Crippen molar-refractivity contribution in [2.24, 2.45) is 0 Å². The lowest BCUT2D eigenvalue weighted by Crippen LogP contribution is -2.32. The molecule has 3 heteroatoms. The maximum atomic E-state index is 5.69. The predicted molar refractivity (Wildman–Crippen MR) is 73.2 cm³/mol. The van der Waals surface area contributed by atoms with Gasteiger partial charge < -0.3 is 15.0 Å². The molecule has 0 radical (unpaired) electrons. The summed E-state index contributed by atoms with van der Waals surface area (Å²) in [6.07, 6.45) is 2.76. The zero-order chi connectivity index (χ0) is 12.2. The van der Waals surface area contributed by atoms with Crippen molar-refractivity contribution in [3.05, 3.63) is 29.8 Å². The summed E-state index contributed by atoms with van der Waals surface area (Å²) in [4.78, 5) is 2.55. The second-order valence-corrected chi connectivity index (χ2v) is 5.30. The lowest BCUT2D eigenvalue weighted by molar-refractivity contribution is 0.314. The first-order valence-corrected chi connectivity index (χ1v) is 7.08. The molecule has 1 N–H and O–H groups in total. The third kappa shape index (κ3) is 2.68. The van der Waals surface area contributed by atoms with Crippen LogP contribution in [-0.2, 0) is 0 Å². The number of rotatable bonds is 5. The molecule has 1 fully saturated rings. The van der Waals surface area contributed by atoms with Gasteiger partial charge in [0.15, 0.2) is 0 Å². The lowest BCUT2D eigenvalue weighted by atomic mass is 10.0. The van der Waals surface area contributed by atoms with Gasteiger partial charge in [-0.15, -0.1) is 0 Å². The molecular formula is C15H22N2O. The van der Waals surface area contributed by atoms with E-state index < -0.39 is 0 Å². The summed E-state index contributed by atoms with van der Waals surface area (Å²) in [6, 6.07) is 8.40. The number of fused-ring (bicyclic) bond motifs is 1. The molecule has 0 amide bonds. The van der Waals surface area contributed by atoms with E-state index in [1.54, 1.807) is 0 Å². The standard InChI is InChI=1S/C15H22N2O/c1-2-6-15-14(5-1)13(12-18-15)11-16-7-10-17-8-3-4-9-17/h1-2,5-6,13,16H,3-4,7-12H2. The molecule has 1 aromatic rings. The van der Waals surface area contributed by atoms with Gasteiger partial charge in [0.05, 0.1) is 6.61 Å². The molecule has 1 atom stereocenters. The highest BCUT2D eigenvalue weighted by molar-refractivity contribution is 5.39. The number of nitrogens with zero attached hydrogens (tertiary/aromatic N) is 1. The molecule has 1 saturated heterocycles. The minimum absolute atomic E-state index is 0.528. The van der Waals surface area contributed by atoms with E-state index in [-0.39, 0.29) is 0 Å². The quantitative estimate of drug-likeness (QED) is 0.802. The molecule has 1 aromatic carbocycles. The van der Waals surface area contributed by atoms with Crippen molar-refractivity contribution >= 4 is 0 Å². The number of benzene rings is 1. The number of hydrogen-bond acceptors (Lipinski definition) is 3. The SMILES string of the molecule is c1ccc2c(c1)OCC2CNCCN1CCCC1. The monoisotopic (exact) mass is 246 g/mol. The number of nitrogens with one attached hydrogen (secondary N) is 1. The molecule has 0 bridgehead atoms. The number of hydrogen-bond donors (Lipinski definition) is 1. The van der Waals surface area contributed by atoms with Gasteiger partial charge in [0.1, 0.15) is 5.75 Å². The Hall–Kier alpha value is -1.06. The number of likely N-dealkylation sites (tertiary alicyclic amines) is 1. The Morgan fingerprint density at radius 3 is 2.94 bits per heavy atom. The molecule has 98 valence electrons. The van der Waals surface area contributed by atoms with Crippen LogP contribution in [0.15, 0.2) is 24.3 Å². The summed E-state index contributed by atoms with van der Waals surface area (Å²) < 4.78 is 5.69. The Morgan fingerprint density at radius 2 is 2.06 bits per heavy atom. The fourth-order valence-electron chi connectivity index (χ4n) is 2.92. The Balaban J connectivity index is 1.41. The summed E-state index contributed by atoms with van der Waals surface area (Å²) in [5, 5.41) is 3.57. The van der Waals surface area contributed by atoms with E-state index in [1.807, 2.05) is 6.07 Å². The van der Waals surface area contributed by atoms with E-state index in [0.717, 1.165) is 25.4 Å². The maximum Gasteiger partial charge on any atom is 0.122 e. The lowest BCUT2D eigenvalue weighted by Gasteiger charge is -2.16. The Labute approximate surface area is 109 Å². The second kappa shape index (κ2) is 5.72. The third-order valence-corrected chi connectivity index (χ3v) is 3.99. The average molecular weight is 246 g/mol. The van der Waals surface area contributed by atoms with Crippen LogP contribution in [0.5, 0.6) is 5.75 Å². The van der Waals surface area contributed by atoms with Crippen molar-refractivity contribution < 1.29 is 4.74 Å². The van der Waals surface area contributed by atoms with Gasteiger partial charge in [0, 0.05) is 31.1 Å². The van der Waals surface area contributed by atoms with Crippen LogP contribution in [-0.4, -0.2) is 44.2 Å². The zero-order valence-corrected chi connectivity index (χ0v) is 10.9. The first-order valence-electron chi connectivity index (χ1n) is 7.08. The third-order valence-electron chi connectivity index (χ3n) is 3.99. The van der Waals surface area contributed by atoms with Gasteiger partial charge in [-0.25, -0.2) is 0 Å². The van der Waals surface area contributed by atoms with Crippen LogP contribution in [0.4, 0.5) is 0 Å². The normalized spacial score (nSPS) is 23.0. The first-order chi connectivity index (χ1) is 8.93. The Morgan fingerprint density at radius 1 is 1.22 bits per heavy atom. The summed E-state index contributed by atoms with van der Waals surface area (Å²) in [7, 11) is 0. The number of ether oxygens (including phenoxy) is 1. The van der Waals surface area contributed by atoms with E-state index in [9.17, 15) is 0 Å². The molecule has 0 spiro atoms. The summed E-state index contributed by atoms with van der Waals surface area (Å²) in [6.45, 7) is 6.73. The van der Waals surface area contributed by atoms with Crippen LogP contribution in [0, 0.1) is 0 Å². The van der Waals surface area contributed by atoms with Gasteiger partial charge in [-0.05, 0) is 32.0 Å². The molecule has 1 unspecified atom stereocenters. The van der Waals surface area contributed by atoms with Crippen molar-refractivity contribution in [3.63, 3.8) is 0 Å². The largest absolute Gasteiger partial charge is 0.493 e. The summed E-state index contributed by atoms with van der Waals surface area (Å²) in [5.41, 5.74) is 1.37. The fourth-order valence-corrected chi connectivity index (χ4v) is 2.92. The second-order valence-electron chi connectivity index (χ2n) is 5.30. The van der Waals surface area contributed by atoms with Gasteiger partial charge in [0.25, 0.3) is 0 Å². The first kappa shape index (κ1) is 12.0. The van der Waals surface area contributed by atoms with Crippen LogP contribution < -0.4 is 10.1 Å². The molecule has 2 heterocycles. The minimum Gasteiger partial charge on any atom is -0.493 e. The molecule has 2 aliphatic rings. The van der Waals surface area contributed by atoms with Crippen LogP contribution >= 0.6 is 0 Å². The van der Waals surface area contributed by atoms with Crippen LogP contribution in [0.3, 0.4) is 0 Å². The molecule has 2 aliphatic heterocycles. The molecule has 0 aromatic heterocycles. The minimum atomic E-state index is 0.528. The van der Waals surface area contributed by atoms with Crippen LogP contribution in [0.25, 0.3) is 0 Å². The van der Waals surface area contributed by atoms with Gasteiger partial charge in [-0.1, -0.05) is 18.2 Å². The van der Waals surface area contributed by atoms with Crippen molar-refractivity contribution in [1.29, 1.82) is 0 Å². The van der Waals surface area contributed by atoms with Gasteiger partial charge in [-0.2, -0.15) is 0 Å². The average Bonchev–Trinajstić information content (AvgIpc) is 3.04. The van der Waals surface area contributed by atoms with Gasteiger partial charge >= 0.3 is 0 Å². The highest BCUT2D eigenvalue weighted by atomic mass is 16.5. The van der Waals surface area contributed by atoms with E-state index in [2.05, 4.69) is 28.4 Å². The molecule has 0 aliphatic carbocycles. The predicted octanol–water partition coefficient (Wildman–Crippen LogP) is 1.85. The van der Waals surface area contributed by atoms with Crippen molar-refractivity contribution in [2.75, 3.05) is 39.3 Å². The van der Waals surface area contributed by atoms with E-state index in [0.29, 0.717) is 5.92 Å². The van der Waals surface area contributed by atoms with Crippen LogP contribution in [0.2, 0.25) is 0 Å². The van der Waals surface area contributed by atoms with E-state index in [4.69, 9.17) is 4.74 Å². The smallest absolute Gasteiger partial charge is 0.122 e. The molecule has 0 saturated carbocycles. The summed E-state index contributed by atoms with van der Waals surface area (Å²) in [5.74, 6) is 1.60. The van der Waals surface area contributed by atoms with Crippen molar-refractivity contribution in [2.45, 2.75) is 18.8 Å². The topological polar surface area (TPSA) is 24.5 Å². The Bertz CT molecular complexity index is 388. The summed E-state index contributed by atoms with van der Waals surface area (Å²) >= 11 is 0. The zero-order valence-electron chi connectivity index (χ0n) is 10.9. The van der Waals surface area contributed by atoms with Gasteiger partial charge in [-0.3, -0.25) is 0 Å². The maximum absolute atomic E-state index is 5.69. The molecular weight excluding hydrogens is 224 g/mol.